The number of fused-ring (bicyclic) bond motifs is 1. The lowest BCUT2D eigenvalue weighted by Crippen LogP contribution is -2.30. The second-order valence-electron chi connectivity index (χ2n) is 7.01. The van der Waals surface area contributed by atoms with Gasteiger partial charge in [-0.2, -0.15) is 0 Å². The summed E-state index contributed by atoms with van der Waals surface area (Å²) in [6.07, 6.45) is 0. The molecule has 0 radical (unpaired) electrons. The van der Waals surface area contributed by atoms with Crippen molar-refractivity contribution in [3.8, 4) is 11.3 Å². The quantitative estimate of drug-likeness (QED) is 0.368. The van der Waals surface area contributed by atoms with Crippen LogP contribution in [0.4, 0.5) is 5.82 Å². The molecule has 0 aliphatic rings. The van der Waals surface area contributed by atoms with E-state index in [9.17, 15) is 16.8 Å². The first-order valence-electron chi connectivity index (χ1n) is 9.39. The number of hydrazine groups is 1. The van der Waals surface area contributed by atoms with Gasteiger partial charge >= 0.3 is 0 Å². The van der Waals surface area contributed by atoms with Crippen LogP contribution in [0.3, 0.4) is 0 Å². The number of anilines is 1. The van der Waals surface area contributed by atoms with Crippen LogP contribution >= 0.6 is 0 Å². The van der Waals surface area contributed by atoms with E-state index in [0.29, 0.717) is 27.6 Å². The van der Waals surface area contributed by atoms with Crippen molar-refractivity contribution in [2.75, 3.05) is 5.43 Å². The lowest BCUT2D eigenvalue weighted by atomic mass is 10.0. The number of aryl methyl sites for hydroxylation is 1. The Morgan fingerprint density at radius 2 is 1.47 bits per heavy atom. The topological polar surface area (TPSA) is 144 Å². The number of aromatic nitrogens is 2. The Balaban J connectivity index is 1.75. The highest BCUT2D eigenvalue weighted by molar-refractivity contribution is 7.89. The van der Waals surface area contributed by atoms with E-state index >= 15 is 0 Å². The fraction of sp³-hybridized carbons (Fsp3) is 0.0476. The highest BCUT2D eigenvalue weighted by atomic mass is 32.2. The molecule has 164 valence electrons. The van der Waals surface area contributed by atoms with Gasteiger partial charge in [-0.3, -0.25) is 5.43 Å². The van der Waals surface area contributed by atoms with E-state index in [1.54, 1.807) is 61.5 Å². The third kappa shape index (κ3) is 4.32. The Morgan fingerprint density at radius 1 is 0.812 bits per heavy atom. The minimum atomic E-state index is -3.91. The Hall–Kier alpha value is -3.38. The molecule has 1 heterocycles. The van der Waals surface area contributed by atoms with Gasteiger partial charge < -0.3 is 0 Å². The zero-order valence-corrected chi connectivity index (χ0v) is 18.5. The van der Waals surface area contributed by atoms with Gasteiger partial charge in [0, 0.05) is 16.3 Å². The van der Waals surface area contributed by atoms with E-state index in [2.05, 4.69) is 20.5 Å². The fourth-order valence-electron chi connectivity index (χ4n) is 3.24. The Labute approximate surface area is 185 Å². The first kappa shape index (κ1) is 21.8. The predicted octanol–water partition coefficient (Wildman–Crippen LogP) is 2.56. The van der Waals surface area contributed by atoms with Crippen molar-refractivity contribution in [2.24, 2.45) is 5.14 Å². The summed E-state index contributed by atoms with van der Waals surface area (Å²) < 4.78 is 48.8. The Kier molecular flexibility index (Phi) is 5.65. The summed E-state index contributed by atoms with van der Waals surface area (Å²) in [5.74, 6) is 0.197. The molecule has 0 atom stereocenters. The summed E-state index contributed by atoms with van der Waals surface area (Å²) in [6.45, 7) is 1.65. The molecule has 32 heavy (non-hydrogen) atoms. The van der Waals surface area contributed by atoms with Crippen molar-refractivity contribution in [1.82, 2.24) is 15.0 Å². The van der Waals surface area contributed by atoms with Crippen molar-refractivity contribution >= 4 is 36.6 Å². The maximum Gasteiger partial charge on any atom is 0.257 e. The second-order valence-corrected chi connectivity index (χ2v) is 10.2. The highest BCUT2D eigenvalue weighted by Gasteiger charge is 2.18. The average Bonchev–Trinajstić information content (AvgIpc) is 2.78. The molecule has 4 rings (SSSR count). The van der Waals surface area contributed by atoms with Crippen molar-refractivity contribution in [1.29, 1.82) is 0 Å². The van der Waals surface area contributed by atoms with Crippen molar-refractivity contribution in [2.45, 2.75) is 16.7 Å². The molecule has 4 N–H and O–H groups in total. The number of primary sulfonamides is 1. The number of hydrogen-bond donors (Lipinski definition) is 3. The van der Waals surface area contributed by atoms with E-state index in [-0.39, 0.29) is 15.6 Å². The molecular weight excluding hydrogens is 450 g/mol. The lowest BCUT2D eigenvalue weighted by molar-refractivity contribution is 0.587. The molecule has 11 heteroatoms. The second kappa shape index (κ2) is 8.28. The minimum Gasteiger partial charge on any atom is -0.290 e. The van der Waals surface area contributed by atoms with Gasteiger partial charge in [0.15, 0.2) is 5.82 Å². The monoisotopic (exact) mass is 469 g/mol. The van der Waals surface area contributed by atoms with Gasteiger partial charge in [-0.1, -0.05) is 54.6 Å². The van der Waals surface area contributed by atoms with Crippen LogP contribution in [-0.4, -0.2) is 27.0 Å². The summed E-state index contributed by atoms with van der Waals surface area (Å²) in [6, 6.07) is 19.8. The molecule has 0 unspecified atom stereocenters. The van der Waals surface area contributed by atoms with E-state index in [4.69, 9.17) is 5.14 Å². The molecule has 0 fully saturated rings. The van der Waals surface area contributed by atoms with Crippen LogP contribution in [0.15, 0.2) is 82.6 Å². The molecule has 0 bridgehead atoms. The minimum absolute atomic E-state index is 0.00120. The number of nitrogens with one attached hydrogen (secondary N) is 2. The zero-order valence-electron chi connectivity index (χ0n) is 16.8. The molecule has 0 saturated heterocycles. The van der Waals surface area contributed by atoms with Crippen LogP contribution < -0.4 is 15.4 Å². The molecule has 4 aromatic rings. The maximum atomic E-state index is 12.5. The molecule has 0 aliphatic carbocycles. The van der Waals surface area contributed by atoms with Crippen LogP contribution in [0.1, 0.15) is 5.56 Å². The van der Waals surface area contributed by atoms with Gasteiger partial charge in [0.2, 0.25) is 10.0 Å². The van der Waals surface area contributed by atoms with Gasteiger partial charge in [-0.15, -0.1) is 15.0 Å². The number of nitrogens with two attached hydrogens (primary N) is 1. The summed E-state index contributed by atoms with van der Waals surface area (Å²) in [5.41, 5.74) is 4.08. The van der Waals surface area contributed by atoms with E-state index in [1.807, 2.05) is 0 Å². The molecule has 0 aliphatic heterocycles. The maximum absolute atomic E-state index is 12.5. The largest absolute Gasteiger partial charge is 0.290 e. The first-order chi connectivity index (χ1) is 15.2. The van der Waals surface area contributed by atoms with Gasteiger partial charge in [-0.25, -0.2) is 22.0 Å². The van der Waals surface area contributed by atoms with Crippen LogP contribution in [0.25, 0.3) is 22.0 Å². The van der Waals surface area contributed by atoms with E-state index in [0.717, 1.165) is 0 Å². The SMILES string of the molecule is Cc1ccc(-c2nnc(NNS(=O)(=O)c3ccccc3)c3ccccc23)cc1S(N)(=O)=O. The summed E-state index contributed by atoms with van der Waals surface area (Å²) in [4.78, 5) is 2.40. The Bertz CT molecular complexity index is 1520. The molecule has 3 aromatic carbocycles. The molecule has 0 amide bonds. The predicted molar refractivity (Wildman–Crippen MR) is 121 cm³/mol. The zero-order chi connectivity index (χ0) is 22.9. The summed E-state index contributed by atoms with van der Waals surface area (Å²) >= 11 is 0. The van der Waals surface area contributed by atoms with Crippen LogP contribution in [0.2, 0.25) is 0 Å². The number of rotatable bonds is 6. The van der Waals surface area contributed by atoms with Gasteiger partial charge in [0.25, 0.3) is 10.0 Å². The van der Waals surface area contributed by atoms with E-state index in [1.165, 1.54) is 18.2 Å². The van der Waals surface area contributed by atoms with Crippen molar-refractivity contribution in [3.63, 3.8) is 0 Å². The smallest absolute Gasteiger partial charge is 0.257 e. The number of nitrogens with zero attached hydrogens (tertiary/aromatic N) is 2. The molecule has 9 nitrogen and oxygen atoms in total. The standard InChI is InChI=1S/C21H19N5O4S2/c1-14-11-12-15(13-19(14)31(22,27)28)20-17-9-5-6-10-18(17)21(24-23-20)25-26-32(29,30)16-7-3-2-4-8-16/h2-13,26H,1H3,(H,24,25)(H2,22,27,28). The van der Waals surface area contributed by atoms with Gasteiger partial charge in [0.1, 0.15) is 5.69 Å². The molecule has 0 spiro atoms. The molecule has 0 saturated carbocycles. The van der Waals surface area contributed by atoms with Gasteiger partial charge in [0.05, 0.1) is 9.79 Å². The Morgan fingerprint density at radius 3 is 2.16 bits per heavy atom. The molecule has 1 aromatic heterocycles. The van der Waals surface area contributed by atoms with Gasteiger partial charge in [-0.05, 0) is 30.7 Å². The van der Waals surface area contributed by atoms with Crippen molar-refractivity contribution in [3.05, 3.63) is 78.4 Å². The van der Waals surface area contributed by atoms with Crippen LogP contribution in [-0.2, 0) is 20.0 Å². The summed E-state index contributed by atoms with van der Waals surface area (Å²) in [7, 11) is -7.74. The van der Waals surface area contributed by atoms with Crippen LogP contribution in [0.5, 0.6) is 0 Å². The fourth-order valence-corrected chi connectivity index (χ4v) is 4.91. The summed E-state index contributed by atoms with van der Waals surface area (Å²) in [5, 5.41) is 14.9. The number of benzene rings is 3. The molecular formula is C21H19N5O4S2. The highest BCUT2D eigenvalue weighted by Crippen LogP contribution is 2.31. The third-order valence-electron chi connectivity index (χ3n) is 4.81. The number of sulfonamides is 2. The normalized spacial score (nSPS) is 12.1. The lowest BCUT2D eigenvalue weighted by Gasteiger charge is -2.13. The van der Waals surface area contributed by atoms with Crippen molar-refractivity contribution < 1.29 is 16.8 Å². The first-order valence-corrected chi connectivity index (χ1v) is 12.4. The third-order valence-corrected chi connectivity index (χ3v) is 7.13. The number of hydrogen-bond acceptors (Lipinski definition) is 7. The van der Waals surface area contributed by atoms with E-state index < -0.39 is 20.0 Å². The average molecular weight is 470 g/mol. The van der Waals surface area contributed by atoms with Crippen LogP contribution in [0, 0.1) is 6.92 Å².